The first-order valence-corrected chi connectivity index (χ1v) is 8.75. The number of aryl methyl sites for hydroxylation is 1. The Morgan fingerprint density at radius 1 is 1.21 bits per heavy atom. The first kappa shape index (κ1) is 11.9. The molecule has 14 heavy (non-hydrogen) atoms. The third-order valence-electron chi connectivity index (χ3n) is 2.35. The Morgan fingerprint density at radius 2 is 1.93 bits per heavy atom. The summed E-state index contributed by atoms with van der Waals surface area (Å²) >= 11 is -0.0579. The van der Waals surface area contributed by atoms with Gasteiger partial charge in [-0.3, -0.25) is 0 Å². The zero-order chi connectivity index (χ0) is 10.2. The van der Waals surface area contributed by atoms with Gasteiger partial charge in [0.15, 0.2) is 0 Å². The fourth-order valence-corrected chi connectivity index (χ4v) is 3.65. The van der Waals surface area contributed by atoms with Crippen LogP contribution in [-0.2, 0) is 11.4 Å². The molecule has 0 spiro atoms. The maximum atomic E-state index is 12.1. The van der Waals surface area contributed by atoms with Crippen LogP contribution in [0.2, 0.25) is 4.98 Å². The standard InChI is InChI=1S/C10H12F.C2H5.Ga/c1-9-5-2-3-6-10(9)7-4-8-11;1-2;/h2-3,5-6H,1,4,7-8H2;1H2,2H3;. The summed E-state index contributed by atoms with van der Waals surface area (Å²) in [6.45, 7) is 2.07. The van der Waals surface area contributed by atoms with Gasteiger partial charge in [-0.05, 0) is 0 Å². The van der Waals surface area contributed by atoms with Crippen LogP contribution in [0.25, 0.3) is 0 Å². The Morgan fingerprint density at radius 3 is 2.57 bits per heavy atom. The summed E-state index contributed by atoms with van der Waals surface area (Å²) in [6, 6.07) is 8.52. The van der Waals surface area contributed by atoms with Gasteiger partial charge in [-0.25, -0.2) is 0 Å². The topological polar surface area (TPSA) is 0 Å². The van der Waals surface area contributed by atoms with E-state index in [1.54, 1.807) is 0 Å². The molecule has 75 valence electrons. The van der Waals surface area contributed by atoms with E-state index in [4.69, 9.17) is 0 Å². The molecule has 1 radical (unpaired) electrons. The van der Waals surface area contributed by atoms with Crippen LogP contribution in [0.1, 0.15) is 24.5 Å². The number of hydrogen-bond donors (Lipinski definition) is 0. The van der Waals surface area contributed by atoms with Crippen LogP contribution >= 0.6 is 0 Å². The summed E-state index contributed by atoms with van der Waals surface area (Å²) in [6.07, 6.45) is 1.58. The SMILES string of the molecule is C[CH2][Ga][CH2]c1ccccc1CCCF. The summed E-state index contributed by atoms with van der Waals surface area (Å²) in [4.78, 5) is 2.67. The molecule has 0 heterocycles. The third kappa shape index (κ3) is 3.89. The first-order valence-electron chi connectivity index (χ1n) is 5.33. The fourth-order valence-electron chi connectivity index (χ4n) is 1.56. The van der Waals surface area contributed by atoms with E-state index in [0.29, 0.717) is 6.42 Å². The quantitative estimate of drug-likeness (QED) is 0.680. The Balaban J connectivity index is 2.60. The zero-order valence-electron chi connectivity index (χ0n) is 8.80. The molecule has 0 aliphatic heterocycles. The van der Waals surface area contributed by atoms with Gasteiger partial charge in [0, 0.05) is 0 Å². The van der Waals surface area contributed by atoms with Crippen molar-refractivity contribution in [1.29, 1.82) is 0 Å². The number of halogens is 1. The van der Waals surface area contributed by atoms with E-state index in [-0.39, 0.29) is 24.1 Å². The zero-order valence-corrected chi connectivity index (χ0v) is 11.2. The molecule has 1 aromatic carbocycles. The third-order valence-corrected chi connectivity index (χ3v) is 5.09. The van der Waals surface area contributed by atoms with E-state index >= 15 is 0 Å². The average Bonchev–Trinajstić information content (AvgIpc) is 2.24. The first-order chi connectivity index (χ1) is 6.88. The van der Waals surface area contributed by atoms with Crippen molar-refractivity contribution in [2.24, 2.45) is 0 Å². The second kappa shape index (κ2) is 7.13. The Hall–Kier alpha value is -0.214. The van der Waals surface area contributed by atoms with Gasteiger partial charge >= 0.3 is 93.6 Å². The minimum absolute atomic E-state index is 0.0579. The summed E-state index contributed by atoms with van der Waals surface area (Å²) in [5.41, 5.74) is 2.85. The summed E-state index contributed by atoms with van der Waals surface area (Å²) in [5.74, 6) is 0. The van der Waals surface area contributed by atoms with E-state index < -0.39 is 0 Å². The van der Waals surface area contributed by atoms with E-state index in [1.165, 1.54) is 21.1 Å². The van der Waals surface area contributed by atoms with E-state index in [1.807, 2.05) is 0 Å². The number of benzene rings is 1. The van der Waals surface area contributed by atoms with Crippen LogP contribution in [0.5, 0.6) is 0 Å². The van der Waals surface area contributed by atoms with Crippen molar-refractivity contribution in [2.45, 2.75) is 29.7 Å². The van der Waals surface area contributed by atoms with Crippen LogP contribution in [-0.4, -0.2) is 24.1 Å². The van der Waals surface area contributed by atoms with Gasteiger partial charge in [0.05, 0.1) is 0 Å². The summed E-state index contributed by atoms with van der Waals surface area (Å²) in [7, 11) is 0. The summed E-state index contributed by atoms with van der Waals surface area (Å²) < 4.78 is 12.1. The molecule has 0 atom stereocenters. The predicted octanol–water partition coefficient (Wildman–Crippen LogP) is 3.23. The van der Waals surface area contributed by atoms with Crippen molar-refractivity contribution < 1.29 is 4.39 Å². The molecule has 0 saturated carbocycles. The molecule has 2 heteroatoms. The Bertz CT molecular complexity index is 233. The number of alkyl halides is 1. The molecule has 0 aliphatic rings. The molecule has 0 aromatic heterocycles. The number of hydrogen-bond acceptors (Lipinski definition) is 0. The van der Waals surface area contributed by atoms with Crippen LogP contribution < -0.4 is 0 Å². The Kier molecular flexibility index (Phi) is 6.04. The minimum atomic E-state index is -0.193. The van der Waals surface area contributed by atoms with Crippen LogP contribution in [0.4, 0.5) is 4.39 Å². The molecule has 0 unspecified atom stereocenters. The van der Waals surface area contributed by atoms with Crippen molar-refractivity contribution in [3.63, 3.8) is 0 Å². The number of rotatable bonds is 6. The molecule has 1 rings (SSSR count). The van der Waals surface area contributed by atoms with E-state index in [9.17, 15) is 4.39 Å². The molecule has 0 N–H and O–H groups in total. The fraction of sp³-hybridized carbons (Fsp3) is 0.500. The van der Waals surface area contributed by atoms with Crippen molar-refractivity contribution in [1.82, 2.24) is 0 Å². The van der Waals surface area contributed by atoms with Crippen molar-refractivity contribution in [3.8, 4) is 0 Å². The molecule has 1 aromatic rings. The molecule has 0 saturated heterocycles. The molecule has 0 fully saturated rings. The van der Waals surface area contributed by atoms with Gasteiger partial charge in [0.2, 0.25) is 0 Å². The predicted molar refractivity (Wildman–Crippen MR) is 60.7 cm³/mol. The Labute approximate surface area is 93.7 Å². The molecular formula is C12H17FGa. The van der Waals surface area contributed by atoms with E-state index in [2.05, 4.69) is 31.2 Å². The van der Waals surface area contributed by atoms with Gasteiger partial charge in [0.1, 0.15) is 0 Å². The van der Waals surface area contributed by atoms with Crippen molar-refractivity contribution in [2.75, 3.05) is 6.67 Å². The second-order valence-corrected chi connectivity index (χ2v) is 7.24. The molecule has 0 amide bonds. The van der Waals surface area contributed by atoms with Gasteiger partial charge in [-0.15, -0.1) is 0 Å². The van der Waals surface area contributed by atoms with Gasteiger partial charge in [0.25, 0.3) is 0 Å². The monoisotopic (exact) mass is 249 g/mol. The van der Waals surface area contributed by atoms with Gasteiger partial charge in [-0.1, -0.05) is 0 Å². The molecular weight excluding hydrogens is 233 g/mol. The molecule has 0 bridgehead atoms. The van der Waals surface area contributed by atoms with Crippen LogP contribution in [0, 0.1) is 0 Å². The van der Waals surface area contributed by atoms with Crippen molar-refractivity contribution >= 4 is 17.4 Å². The van der Waals surface area contributed by atoms with E-state index in [0.717, 1.165) is 6.42 Å². The van der Waals surface area contributed by atoms with Gasteiger partial charge < -0.3 is 0 Å². The second-order valence-electron chi connectivity index (χ2n) is 3.46. The maximum absolute atomic E-state index is 12.1. The summed E-state index contributed by atoms with van der Waals surface area (Å²) in [5, 5.41) is 0. The molecule has 0 aliphatic carbocycles. The van der Waals surface area contributed by atoms with Crippen LogP contribution in [0.3, 0.4) is 0 Å². The molecule has 0 nitrogen and oxygen atoms in total. The van der Waals surface area contributed by atoms with Crippen LogP contribution in [0.15, 0.2) is 24.3 Å². The van der Waals surface area contributed by atoms with Gasteiger partial charge in [-0.2, -0.15) is 0 Å². The normalized spacial score (nSPS) is 10.1. The van der Waals surface area contributed by atoms with Crippen molar-refractivity contribution in [3.05, 3.63) is 35.4 Å². The average molecular weight is 250 g/mol.